The summed E-state index contributed by atoms with van der Waals surface area (Å²) in [6.45, 7) is 4.56. The van der Waals surface area contributed by atoms with Crippen LogP contribution in [-0.4, -0.2) is 27.1 Å². The number of hydrogen-bond donors (Lipinski definition) is 1. The molecule has 6 heteroatoms. The minimum atomic E-state index is -0.482. The molecular weight excluding hydrogens is 256 g/mol. The lowest BCUT2D eigenvalue weighted by molar-refractivity contribution is 0.0521. The highest BCUT2D eigenvalue weighted by molar-refractivity contribution is 5.92. The predicted molar refractivity (Wildman–Crippen MR) is 75.3 cm³/mol. The molecule has 0 radical (unpaired) electrons. The lowest BCUT2D eigenvalue weighted by Crippen LogP contribution is -2.11. The van der Waals surface area contributed by atoms with E-state index in [2.05, 4.69) is 9.97 Å². The van der Waals surface area contributed by atoms with Crippen LogP contribution < -0.4 is 5.73 Å². The Hall–Kier alpha value is -2.37. The molecule has 0 atom stereocenters. The van der Waals surface area contributed by atoms with Crippen LogP contribution in [0.4, 0.5) is 5.82 Å². The lowest BCUT2D eigenvalue weighted by Gasteiger charge is -2.08. The van der Waals surface area contributed by atoms with Crippen LogP contribution in [0.1, 0.15) is 35.7 Å². The number of nitrogens with zero attached hydrogens (tertiary/aromatic N) is 3. The van der Waals surface area contributed by atoms with E-state index in [1.807, 2.05) is 23.6 Å². The molecule has 0 unspecified atom stereocenters. The van der Waals surface area contributed by atoms with Gasteiger partial charge in [-0.05, 0) is 18.6 Å². The quantitative estimate of drug-likeness (QED) is 0.838. The summed E-state index contributed by atoms with van der Waals surface area (Å²) < 4.78 is 6.79. The number of carbonyl (C=O) groups is 1. The predicted octanol–water partition coefficient (Wildman–Crippen LogP) is 1.65. The number of carbonyl (C=O) groups excluding carboxylic acids is 1. The van der Waals surface area contributed by atoms with Crippen molar-refractivity contribution in [3.63, 3.8) is 0 Å². The Labute approximate surface area is 117 Å². The van der Waals surface area contributed by atoms with Gasteiger partial charge in [0.25, 0.3) is 0 Å². The fraction of sp³-hybridized carbons (Fsp3) is 0.357. The van der Waals surface area contributed by atoms with Crippen LogP contribution >= 0.6 is 0 Å². The molecule has 0 aliphatic rings. The first kappa shape index (κ1) is 14.0. The topological polar surface area (TPSA) is 83.0 Å². The third kappa shape index (κ3) is 2.79. The largest absolute Gasteiger partial charge is 0.461 e. The number of aryl methyl sites for hydroxylation is 1. The van der Waals surface area contributed by atoms with Crippen molar-refractivity contribution in [2.75, 3.05) is 12.3 Å². The Bertz CT molecular complexity index is 593. The van der Waals surface area contributed by atoms with E-state index in [1.165, 1.54) is 0 Å². The van der Waals surface area contributed by atoms with E-state index in [9.17, 15) is 4.79 Å². The van der Waals surface area contributed by atoms with Crippen LogP contribution in [-0.2, 0) is 17.7 Å². The smallest absolute Gasteiger partial charge is 0.360 e. The molecule has 0 aliphatic carbocycles. The molecule has 2 rings (SSSR count). The van der Waals surface area contributed by atoms with Crippen LogP contribution in [0.25, 0.3) is 0 Å². The molecule has 0 saturated heterocycles. The van der Waals surface area contributed by atoms with Gasteiger partial charge in [0.15, 0.2) is 5.69 Å². The minimum absolute atomic E-state index is 0.188. The van der Waals surface area contributed by atoms with Crippen molar-refractivity contribution in [1.29, 1.82) is 0 Å². The number of ether oxygens (including phenoxy) is 1. The highest BCUT2D eigenvalue weighted by Gasteiger charge is 2.20. The lowest BCUT2D eigenvalue weighted by atomic mass is 10.3. The summed E-state index contributed by atoms with van der Waals surface area (Å²) in [5.74, 6) is 0.614. The van der Waals surface area contributed by atoms with Crippen LogP contribution in [0.3, 0.4) is 0 Å². The number of aromatic nitrogens is 3. The number of rotatable bonds is 5. The third-order valence-electron chi connectivity index (χ3n) is 2.93. The van der Waals surface area contributed by atoms with Gasteiger partial charge >= 0.3 is 5.97 Å². The van der Waals surface area contributed by atoms with Crippen LogP contribution in [0.5, 0.6) is 0 Å². The number of pyridine rings is 1. The molecule has 0 fully saturated rings. The van der Waals surface area contributed by atoms with Crippen LogP contribution in [0.15, 0.2) is 24.5 Å². The van der Waals surface area contributed by atoms with E-state index in [0.29, 0.717) is 25.4 Å². The second-order valence-corrected chi connectivity index (χ2v) is 4.28. The average molecular weight is 274 g/mol. The number of nitrogens with two attached hydrogens (primary N) is 1. The normalized spacial score (nSPS) is 10.5. The van der Waals surface area contributed by atoms with Crippen molar-refractivity contribution in [3.05, 3.63) is 41.6 Å². The summed E-state index contributed by atoms with van der Waals surface area (Å²) in [4.78, 5) is 20.2. The van der Waals surface area contributed by atoms with Crippen molar-refractivity contribution in [3.8, 4) is 0 Å². The first-order valence-corrected chi connectivity index (χ1v) is 6.58. The van der Waals surface area contributed by atoms with E-state index in [-0.39, 0.29) is 5.69 Å². The van der Waals surface area contributed by atoms with Gasteiger partial charge in [0, 0.05) is 18.8 Å². The summed E-state index contributed by atoms with van der Waals surface area (Å²) in [5.41, 5.74) is 7.23. The molecule has 0 amide bonds. The summed E-state index contributed by atoms with van der Waals surface area (Å²) in [6, 6.07) is 3.82. The molecule has 0 saturated carbocycles. The zero-order valence-corrected chi connectivity index (χ0v) is 11.7. The molecule has 2 N–H and O–H groups in total. The summed E-state index contributed by atoms with van der Waals surface area (Å²) in [5, 5.41) is 0. The van der Waals surface area contributed by atoms with E-state index in [0.717, 1.165) is 11.4 Å². The standard InChI is InChI=1S/C14H18N4O2/c1-3-11-17-12(14(19)20-4-2)13(15)18(11)9-10-6-5-7-16-8-10/h5-8H,3-4,9,15H2,1-2H3. The average Bonchev–Trinajstić information content (AvgIpc) is 2.77. The van der Waals surface area contributed by atoms with Crippen molar-refractivity contribution >= 4 is 11.8 Å². The molecule has 6 nitrogen and oxygen atoms in total. The molecule has 106 valence electrons. The van der Waals surface area contributed by atoms with E-state index in [4.69, 9.17) is 10.5 Å². The van der Waals surface area contributed by atoms with Gasteiger partial charge in [-0.15, -0.1) is 0 Å². The number of anilines is 1. The van der Waals surface area contributed by atoms with Crippen molar-refractivity contribution < 1.29 is 9.53 Å². The first-order valence-electron chi connectivity index (χ1n) is 6.58. The van der Waals surface area contributed by atoms with Crippen LogP contribution in [0, 0.1) is 0 Å². The first-order chi connectivity index (χ1) is 9.67. The zero-order chi connectivity index (χ0) is 14.5. The Balaban J connectivity index is 2.35. The minimum Gasteiger partial charge on any atom is -0.461 e. The van der Waals surface area contributed by atoms with Crippen LogP contribution in [0.2, 0.25) is 0 Å². The Morgan fingerprint density at radius 1 is 1.45 bits per heavy atom. The summed E-state index contributed by atoms with van der Waals surface area (Å²) >= 11 is 0. The Morgan fingerprint density at radius 2 is 2.25 bits per heavy atom. The van der Waals surface area contributed by atoms with E-state index in [1.54, 1.807) is 19.3 Å². The second-order valence-electron chi connectivity index (χ2n) is 4.28. The SMILES string of the molecule is CCOC(=O)c1nc(CC)n(Cc2cccnc2)c1N. The maximum absolute atomic E-state index is 11.8. The van der Waals surface area contributed by atoms with Gasteiger partial charge in [-0.3, -0.25) is 4.98 Å². The number of nitrogen functional groups attached to an aromatic ring is 1. The van der Waals surface area contributed by atoms with Gasteiger partial charge in [-0.1, -0.05) is 13.0 Å². The van der Waals surface area contributed by atoms with Gasteiger partial charge in [-0.25, -0.2) is 9.78 Å². The monoisotopic (exact) mass is 274 g/mol. The summed E-state index contributed by atoms with van der Waals surface area (Å²) in [7, 11) is 0. The van der Waals surface area contributed by atoms with Crippen molar-refractivity contribution in [2.45, 2.75) is 26.8 Å². The van der Waals surface area contributed by atoms with Crippen molar-refractivity contribution in [1.82, 2.24) is 14.5 Å². The molecule has 0 spiro atoms. The Kier molecular flexibility index (Phi) is 4.34. The van der Waals surface area contributed by atoms with Gasteiger partial charge in [0.1, 0.15) is 11.6 Å². The van der Waals surface area contributed by atoms with Gasteiger partial charge in [-0.2, -0.15) is 0 Å². The molecule has 20 heavy (non-hydrogen) atoms. The van der Waals surface area contributed by atoms with Crippen molar-refractivity contribution in [2.24, 2.45) is 0 Å². The third-order valence-corrected chi connectivity index (χ3v) is 2.93. The summed E-state index contributed by atoms with van der Waals surface area (Å²) in [6.07, 6.45) is 4.17. The van der Waals surface area contributed by atoms with Gasteiger partial charge < -0.3 is 15.0 Å². The number of hydrogen-bond acceptors (Lipinski definition) is 5. The molecule has 0 bridgehead atoms. The highest BCUT2D eigenvalue weighted by Crippen LogP contribution is 2.18. The maximum Gasteiger partial charge on any atom is 0.360 e. The Morgan fingerprint density at radius 3 is 2.85 bits per heavy atom. The highest BCUT2D eigenvalue weighted by atomic mass is 16.5. The number of imidazole rings is 1. The van der Waals surface area contributed by atoms with E-state index < -0.39 is 5.97 Å². The van der Waals surface area contributed by atoms with E-state index >= 15 is 0 Å². The molecule has 2 heterocycles. The second kappa shape index (κ2) is 6.18. The zero-order valence-electron chi connectivity index (χ0n) is 11.7. The molecule has 2 aromatic rings. The fourth-order valence-electron chi connectivity index (χ4n) is 1.98. The molecule has 2 aromatic heterocycles. The van der Waals surface area contributed by atoms with Gasteiger partial charge in [0.2, 0.25) is 0 Å². The van der Waals surface area contributed by atoms with Gasteiger partial charge in [0.05, 0.1) is 13.2 Å². The molecule has 0 aliphatic heterocycles. The molecular formula is C14H18N4O2. The number of esters is 1. The molecule has 0 aromatic carbocycles. The maximum atomic E-state index is 11.8. The fourth-order valence-corrected chi connectivity index (χ4v) is 1.98.